The summed E-state index contributed by atoms with van der Waals surface area (Å²) in [6, 6.07) is 15.6. The minimum absolute atomic E-state index is 0.129. The predicted octanol–water partition coefficient (Wildman–Crippen LogP) is 3.90. The Morgan fingerprint density at radius 3 is 2.72 bits per heavy atom. The fraction of sp³-hybridized carbons (Fsp3) is 0.167. The fourth-order valence-corrected chi connectivity index (χ4v) is 3.15. The number of pyridine rings is 2. The lowest BCUT2D eigenvalue weighted by Crippen LogP contribution is -2.17. The van der Waals surface area contributed by atoms with Crippen molar-refractivity contribution in [3.05, 3.63) is 94.2 Å². The lowest BCUT2D eigenvalue weighted by Gasteiger charge is -2.11. The van der Waals surface area contributed by atoms with Gasteiger partial charge in [0.25, 0.3) is 5.56 Å². The molecular formula is C24H22N4O4. The van der Waals surface area contributed by atoms with Gasteiger partial charge in [-0.2, -0.15) is 0 Å². The van der Waals surface area contributed by atoms with Crippen molar-refractivity contribution in [2.75, 3.05) is 11.9 Å². The number of hydrogen-bond donors (Lipinski definition) is 1. The van der Waals surface area contributed by atoms with Crippen LogP contribution >= 0.6 is 0 Å². The number of nitrogens with zero attached hydrogens (tertiary/aromatic N) is 3. The maximum atomic E-state index is 12.7. The highest BCUT2D eigenvalue weighted by Crippen LogP contribution is 2.22. The van der Waals surface area contributed by atoms with Gasteiger partial charge in [0.1, 0.15) is 29.4 Å². The number of aromatic nitrogens is 3. The topological polar surface area (TPSA) is 94.8 Å². The summed E-state index contributed by atoms with van der Waals surface area (Å²) in [6.45, 7) is 4.29. The Hall–Kier alpha value is -4.20. The van der Waals surface area contributed by atoms with Crippen LogP contribution in [0.15, 0.2) is 71.8 Å². The van der Waals surface area contributed by atoms with E-state index in [1.807, 2.05) is 44.2 Å². The summed E-state index contributed by atoms with van der Waals surface area (Å²) in [5.41, 5.74) is 2.64. The number of ether oxygens (including phenoxy) is 2. The summed E-state index contributed by atoms with van der Waals surface area (Å²) >= 11 is 0. The van der Waals surface area contributed by atoms with Crippen LogP contribution in [0.25, 0.3) is 5.65 Å². The summed E-state index contributed by atoms with van der Waals surface area (Å²) < 4.78 is 12.3. The second kappa shape index (κ2) is 9.30. The molecule has 162 valence electrons. The number of rotatable bonds is 7. The number of nitrogens with one attached hydrogen (secondary N) is 1. The summed E-state index contributed by atoms with van der Waals surface area (Å²) in [5.74, 6) is 0.550. The minimum atomic E-state index is -0.572. The Kier molecular flexibility index (Phi) is 6.12. The lowest BCUT2D eigenvalue weighted by atomic mass is 10.2. The summed E-state index contributed by atoms with van der Waals surface area (Å²) in [7, 11) is 0. The predicted molar refractivity (Wildman–Crippen MR) is 120 cm³/mol. The number of hydrogen-bond acceptors (Lipinski definition) is 7. The average molecular weight is 430 g/mol. The number of aryl methyl sites for hydroxylation is 1. The van der Waals surface area contributed by atoms with E-state index in [-0.39, 0.29) is 17.7 Å². The number of fused-ring (bicyclic) bond motifs is 1. The highest BCUT2D eigenvalue weighted by atomic mass is 16.5. The molecule has 0 saturated carbocycles. The Labute approximate surface area is 184 Å². The van der Waals surface area contributed by atoms with Crippen molar-refractivity contribution >= 4 is 23.1 Å². The van der Waals surface area contributed by atoms with Crippen LogP contribution in [0.5, 0.6) is 5.75 Å². The van der Waals surface area contributed by atoms with Crippen LogP contribution in [0, 0.1) is 6.92 Å². The molecule has 0 unspecified atom stereocenters. The standard InChI is InChI=1S/C24H22N4O4/c1-3-31-19-8-6-17(7-9-19)27-23-20(5-4-11-25-23)24(30)32-15-18-14-22(29)28-12-10-16(2)13-21(28)26-18/h4-14H,3,15H2,1-2H3,(H,25,27). The van der Waals surface area contributed by atoms with E-state index in [9.17, 15) is 9.59 Å². The summed E-state index contributed by atoms with van der Waals surface area (Å²) in [5, 5.41) is 3.12. The van der Waals surface area contributed by atoms with Gasteiger partial charge in [0.05, 0.1) is 12.3 Å². The molecular weight excluding hydrogens is 408 g/mol. The zero-order valence-electron chi connectivity index (χ0n) is 17.7. The van der Waals surface area contributed by atoms with E-state index in [2.05, 4.69) is 15.3 Å². The maximum absolute atomic E-state index is 12.7. The fourth-order valence-electron chi connectivity index (χ4n) is 3.15. The second-order valence-corrected chi connectivity index (χ2v) is 7.08. The lowest BCUT2D eigenvalue weighted by molar-refractivity contribution is 0.0468. The van der Waals surface area contributed by atoms with E-state index in [1.165, 1.54) is 10.5 Å². The van der Waals surface area contributed by atoms with E-state index >= 15 is 0 Å². The van der Waals surface area contributed by atoms with Crippen molar-refractivity contribution in [3.8, 4) is 5.75 Å². The van der Waals surface area contributed by atoms with Gasteiger partial charge < -0.3 is 14.8 Å². The second-order valence-electron chi connectivity index (χ2n) is 7.08. The summed E-state index contributed by atoms with van der Waals surface area (Å²) in [4.78, 5) is 33.7. The first kappa shape index (κ1) is 21.0. The molecule has 0 aliphatic carbocycles. The van der Waals surface area contributed by atoms with Crippen LogP contribution < -0.4 is 15.6 Å². The van der Waals surface area contributed by atoms with Crippen molar-refractivity contribution in [1.29, 1.82) is 0 Å². The number of anilines is 2. The molecule has 0 spiro atoms. The third-order valence-electron chi connectivity index (χ3n) is 4.68. The van der Waals surface area contributed by atoms with Gasteiger partial charge in [-0.05, 0) is 67.9 Å². The van der Waals surface area contributed by atoms with E-state index in [0.29, 0.717) is 23.8 Å². The van der Waals surface area contributed by atoms with Crippen molar-refractivity contribution in [1.82, 2.24) is 14.4 Å². The smallest absolute Gasteiger partial charge is 0.342 e. The van der Waals surface area contributed by atoms with E-state index < -0.39 is 5.97 Å². The van der Waals surface area contributed by atoms with Crippen molar-refractivity contribution in [2.24, 2.45) is 0 Å². The number of carbonyl (C=O) groups excluding carboxylic acids is 1. The molecule has 4 rings (SSSR count). The van der Waals surface area contributed by atoms with E-state index in [0.717, 1.165) is 17.0 Å². The molecule has 0 radical (unpaired) electrons. The SMILES string of the molecule is CCOc1ccc(Nc2ncccc2C(=O)OCc2cc(=O)n3ccc(C)cc3n2)cc1. The van der Waals surface area contributed by atoms with Crippen molar-refractivity contribution < 1.29 is 14.3 Å². The van der Waals surface area contributed by atoms with Crippen molar-refractivity contribution in [2.45, 2.75) is 20.5 Å². The molecule has 8 heteroatoms. The monoisotopic (exact) mass is 430 g/mol. The maximum Gasteiger partial charge on any atom is 0.342 e. The van der Waals surface area contributed by atoms with Crippen LogP contribution in [0.1, 0.15) is 28.5 Å². The molecule has 0 saturated heterocycles. The highest BCUT2D eigenvalue weighted by molar-refractivity contribution is 5.95. The van der Waals surface area contributed by atoms with Crippen molar-refractivity contribution in [3.63, 3.8) is 0 Å². The molecule has 0 aliphatic heterocycles. The highest BCUT2D eigenvalue weighted by Gasteiger charge is 2.15. The van der Waals surface area contributed by atoms with Gasteiger partial charge in [-0.15, -0.1) is 0 Å². The Balaban J connectivity index is 1.49. The number of carbonyl (C=O) groups is 1. The number of benzene rings is 1. The molecule has 1 N–H and O–H groups in total. The van der Waals surface area contributed by atoms with Crippen LogP contribution in [0.3, 0.4) is 0 Å². The molecule has 0 bridgehead atoms. The third kappa shape index (κ3) is 4.75. The Morgan fingerprint density at radius 2 is 1.94 bits per heavy atom. The van der Waals surface area contributed by atoms with Crippen LogP contribution in [-0.4, -0.2) is 26.9 Å². The molecule has 0 amide bonds. The molecule has 0 aliphatic rings. The first-order valence-electron chi connectivity index (χ1n) is 10.1. The normalized spacial score (nSPS) is 10.7. The molecule has 0 atom stereocenters. The quantitative estimate of drug-likeness (QED) is 0.444. The zero-order chi connectivity index (χ0) is 22.5. The molecule has 32 heavy (non-hydrogen) atoms. The first-order chi connectivity index (χ1) is 15.5. The average Bonchev–Trinajstić information content (AvgIpc) is 2.79. The molecule has 3 aromatic heterocycles. The zero-order valence-corrected chi connectivity index (χ0v) is 17.7. The Morgan fingerprint density at radius 1 is 1.12 bits per heavy atom. The van der Waals surface area contributed by atoms with E-state index in [4.69, 9.17) is 9.47 Å². The van der Waals surface area contributed by atoms with Gasteiger partial charge in [-0.3, -0.25) is 9.20 Å². The van der Waals surface area contributed by atoms with Gasteiger partial charge >= 0.3 is 5.97 Å². The van der Waals surface area contributed by atoms with Crippen LogP contribution in [0.4, 0.5) is 11.5 Å². The largest absolute Gasteiger partial charge is 0.494 e. The molecule has 1 aromatic carbocycles. The summed E-state index contributed by atoms with van der Waals surface area (Å²) in [6.07, 6.45) is 3.26. The molecule has 0 fully saturated rings. The minimum Gasteiger partial charge on any atom is -0.494 e. The molecule has 3 heterocycles. The van der Waals surface area contributed by atoms with Gasteiger partial charge in [-0.25, -0.2) is 14.8 Å². The first-order valence-corrected chi connectivity index (χ1v) is 10.1. The van der Waals surface area contributed by atoms with Gasteiger partial charge in [0, 0.05) is 24.1 Å². The number of esters is 1. The Bertz CT molecular complexity index is 1320. The van der Waals surface area contributed by atoms with Crippen LogP contribution in [0.2, 0.25) is 0 Å². The van der Waals surface area contributed by atoms with Gasteiger partial charge in [0.2, 0.25) is 0 Å². The van der Waals surface area contributed by atoms with Crippen LogP contribution in [-0.2, 0) is 11.3 Å². The molecule has 8 nitrogen and oxygen atoms in total. The third-order valence-corrected chi connectivity index (χ3v) is 4.68. The van der Waals surface area contributed by atoms with Gasteiger partial charge in [0.15, 0.2) is 0 Å². The van der Waals surface area contributed by atoms with Gasteiger partial charge in [-0.1, -0.05) is 0 Å². The van der Waals surface area contributed by atoms with E-state index in [1.54, 1.807) is 30.6 Å². The molecule has 4 aromatic rings.